The lowest BCUT2D eigenvalue weighted by Gasteiger charge is -2.28. The van der Waals surface area contributed by atoms with Crippen LogP contribution in [-0.4, -0.2) is 50.7 Å². The highest BCUT2D eigenvalue weighted by atomic mass is 35.5. The standard InChI is InChI=1S/C27H30ClN3O4S/c1-16-6-3-7-17(2)21(16)13-20-15-36-23(30-20)14-29-26(34)24(32)25(33)27(35)31-11-5-10-22(31)18-8-4-9-19(28)12-18/h3-4,6-9,12,15,22,24-25,32-33H,5,10-11,13-14H2,1-2H3,(H,29,34)/t22?,24-,25-/m1/s1. The van der Waals surface area contributed by atoms with Gasteiger partial charge in [0.1, 0.15) is 5.01 Å². The van der Waals surface area contributed by atoms with Gasteiger partial charge in [-0.15, -0.1) is 11.3 Å². The molecular weight excluding hydrogens is 498 g/mol. The minimum absolute atomic E-state index is 0.100. The van der Waals surface area contributed by atoms with Gasteiger partial charge < -0.3 is 20.4 Å². The van der Waals surface area contributed by atoms with Gasteiger partial charge in [0.25, 0.3) is 11.8 Å². The van der Waals surface area contributed by atoms with Gasteiger partial charge in [-0.05, 0) is 61.1 Å². The van der Waals surface area contributed by atoms with Crippen molar-refractivity contribution in [2.24, 2.45) is 0 Å². The van der Waals surface area contributed by atoms with Gasteiger partial charge in [0.15, 0.2) is 12.2 Å². The number of hydrogen-bond acceptors (Lipinski definition) is 6. The van der Waals surface area contributed by atoms with Gasteiger partial charge in [-0.3, -0.25) is 9.59 Å². The molecule has 3 aromatic rings. The number of aromatic nitrogens is 1. The molecule has 1 aromatic heterocycles. The molecule has 4 rings (SSSR count). The zero-order valence-electron chi connectivity index (χ0n) is 20.3. The molecule has 2 aromatic carbocycles. The van der Waals surface area contributed by atoms with Crippen LogP contribution in [0.5, 0.6) is 0 Å². The SMILES string of the molecule is Cc1cccc(C)c1Cc1csc(CNC(=O)[C@H](O)[C@@H](O)C(=O)N2CCCC2c2cccc(Cl)c2)n1. The first-order valence-electron chi connectivity index (χ1n) is 11.9. The minimum Gasteiger partial charge on any atom is -0.380 e. The molecule has 0 aliphatic carbocycles. The number of benzene rings is 2. The number of rotatable bonds is 8. The fourth-order valence-electron chi connectivity index (χ4n) is 4.63. The summed E-state index contributed by atoms with van der Waals surface area (Å²) in [6.07, 6.45) is -1.57. The molecule has 0 bridgehead atoms. The summed E-state index contributed by atoms with van der Waals surface area (Å²) in [7, 11) is 0. The third kappa shape index (κ3) is 5.95. The van der Waals surface area contributed by atoms with Gasteiger partial charge in [0.2, 0.25) is 0 Å². The van der Waals surface area contributed by atoms with Crippen molar-refractivity contribution >= 4 is 34.8 Å². The molecule has 36 heavy (non-hydrogen) atoms. The molecular formula is C27H30ClN3O4S. The molecule has 7 nitrogen and oxygen atoms in total. The van der Waals surface area contributed by atoms with E-state index < -0.39 is 24.0 Å². The predicted molar refractivity (Wildman–Crippen MR) is 140 cm³/mol. The Morgan fingerprint density at radius 3 is 2.61 bits per heavy atom. The van der Waals surface area contributed by atoms with E-state index in [0.29, 0.717) is 23.0 Å². The monoisotopic (exact) mass is 527 g/mol. The summed E-state index contributed by atoms with van der Waals surface area (Å²) in [5, 5.41) is 26.7. The van der Waals surface area contributed by atoms with E-state index in [2.05, 4.69) is 36.3 Å². The Morgan fingerprint density at radius 1 is 1.17 bits per heavy atom. The highest BCUT2D eigenvalue weighted by Gasteiger charge is 2.38. The van der Waals surface area contributed by atoms with Crippen molar-refractivity contribution in [2.75, 3.05) is 6.54 Å². The first kappa shape index (κ1) is 26.3. The van der Waals surface area contributed by atoms with Crippen molar-refractivity contribution in [1.29, 1.82) is 0 Å². The van der Waals surface area contributed by atoms with Crippen LogP contribution in [0.2, 0.25) is 5.02 Å². The molecule has 3 atom stereocenters. The minimum atomic E-state index is -1.88. The molecule has 1 unspecified atom stereocenters. The predicted octanol–water partition coefficient (Wildman–Crippen LogP) is 3.71. The Kier molecular flexibility index (Phi) is 8.41. The summed E-state index contributed by atoms with van der Waals surface area (Å²) >= 11 is 7.51. The van der Waals surface area contributed by atoms with E-state index in [1.165, 1.54) is 32.9 Å². The van der Waals surface area contributed by atoms with Crippen LogP contribution in [0.1, 0.15) is 51.8 Å². The third-order valence-corrected chi connectivity index (χ3v) is 7.74. The summed E-state index contributed by atoms with van der Waals surface area (Å²) < 4.78 is 0. The summed E-state index contributed by atoms with van der Waals surface area (Å²) in [5.74, 6) is -1.49. The summed E-state index contributed by atoms with van der Waals surface area (Å²) in [5.41, 5.74) is 5.40. The Balaban J connectivity index is 1.33. The Labute approximate surface area is 219 Å². The van der Waals surface area contributed by atoms with Gasteiger partial charge in [-0.25, -0.2) is 4.98 Å². The maximum Gasteiger partial charge on any atom is 0.255 e. The van der Waals surface area contributed by atoms with Crippen molar-refractivity contribution in [3.05, 3.63) is 85.8 Å². The van der Waals surface area contributed by atoms with Crippen LogP contribution in [0, 0.1) is 13.8 Å². The second-order valence-electron chi connectivity index (χ2n) is 9.13. The number of amides is 2. The maximum atomic E-state index is 13.0. The molecule has 3 N–H and O–H groups in total. The van der Waals surface area contributed by atoms with Crippen LogP contribution >= 0.6 is 22.9 Å². The van der Waals surface area contributed by atoms with Gasteiger partial charge in [-0.2, -0.15) is 0 Å². The van der Waals surface area contributed by atoms with Crippen LogP contribution in [-0.2, 0) is 22.6 Å². The molecule has 2 heterocycles. The molecule has 1 saturated heterocycles. The van der Waals surface area contributed by atoms with Crippen LogP contribution < -0.4 is 5.32 Å². The second-order valence-corrected chi connectivity index (χ2v) is 10.5. The lowest BCUT2D eigenvalue weighted by molar-refractivity contribution is -0.153. The number of carbonyl (C=O) groups is 2. The fourth-order valence-corrected chi connectivity index (χ4v) is 5.56. The first-order chi connectivity index (χ1) is 17.2. The molecule has 1 aliphatic heterocycles. The molecule has 1 fully saturated rings. The van der Waals surface area contributed by atoms with Crippen molar-refractivity contribution in [2.45, 2.75) is 57.9 Å². The number of aryl methyl sites for hydroxylation is 2. The Hall–Kier alpha value is -2.78. The largest absolute Gasteiger partial charge is 0.380 e. The number of nitrogens with one attached hydrogen (secondary N) is 1. The van der Waals surface area contributed by atoms with Gasteiger partial charge in [0.05, 0.1) is 18.3 Å². The van der Waals surface area contributed by atoms with Crippen LogP contribution in [0.3, 0.4) is 0 Å². The van der Waals surface area contributed by atoms with Crippen LogP contribution in [0.4, 0.5) is 0 Å². The maximum absolute atomic E-state index is 13.0. The number of likely N-dealkylation sites (tertiary alicyclic amines) is 1. The van der Waals surface area contributed by atoms with Gasteiger partial charge in [0, 0.05) is 23.4 Å². The molecule has 9 heteroatoms. The van der Waals surface area contributed by atoms with E-state index in [0.717, 1.165) is 24.1 Å². The van der Waals surface area contributed by atoms with E-state index in [1.54, 1.807) is 12.1 Å². The molecule has 0 saturated carbocycles. The van der Waals surface area contributed by atoms with E-state index >= 15 is 0 Å². The van der Waals surface area contributed by atoms with E-state index in [4.69, 9.17) is 11.6 Å². The molecule has 1 aliphatic rings. The van der Waals surface area contributed by atoms with Crippen molar-refractivity contribution < 1.29 is 19.8 Å². The average Bonchev–Trinajstić information content (AvgIpc) is 3.53. The molecule has 190 valence electrons. The smallest absolute Gasteiger partial charge is 0.255 e. The fraction of sp³-hybridized carbons (Fsp3) is 0.370. The number of thiazole rings is 1. The summed E-state index contributed by atoms with van der Waals surface area (Å²) in [4.78, 5) is 31.6. The van der Waals surface area contributed by atoms with E-state index in [-0.39, 0.29) is 12.6 Å². The van der Waals surface area contributed by atoms with Gasteiger partial charge in [-0.1, -0.05) is 41.9 Å². The lowest BCUT2D eigenvalue weighted by Crippen LogP contribution is -2.50. The summed E-state index contributed by atoms with van der Waals surface area (Å²) in [6, 6.07) is 13.1. The van der Waals surface area contributed by atoms with Crippen molar-refractivity contribution in [3.8, 4) is 0 Å². The second kappa shape index (κ2) is 11.5. The molecule has 0 spiro atoms. The first-order valence-corrected chi connectivity index (χ1v) is 13.2. The third-order valence-electron chi connectivity index (χ3n) is 6.61. The average molecular weight is 528 g/mol. The zero-order valence-corrected chi connectivity index (χ0v) is 21.9. The number of carbonyl (C=O) groups excluding carboxylic acids is 2. The number of halogens is 1. The molecule has 0 radical (unpaired) electrons. The van der Waals surface area contributed by atoms with E-state index in [1.807, 2.05) is 23.6 Å². The number of aliphatic hydroxyl groups is 2. The van der Waals surface area contributed by atoms with Crippen LogP contribution in [0.15, 0.2) is 47.8 Å². The van der Waals surface area contributed by atoms with Crippen LogP contribution in [0.25, 0.3) is 0 Å². The van der Waals surface area contributed by atoms with Gasteiger partial charge >= 0.3 is 0 Å². The highest BCUT2D eigenvalue weighted by Crippen LogP contribution is 2.33. The quantitative estimate of drug-likeness (QED) is 0.414. The lowest BCUT2D eigenvalue weighted by atomic mass is 9.99. The number of nitrogens with zero attached hydrogens (tertiary/aromatic N) is 2. The van der Waals surface area contributed by atoms with Crippen molar-refractivity contribution in [3.63, 3.8) is 0 Å². The van der Waals surface area contributed by atoms with Crippen molar-refractivity contribution in [1.82, 2.24) is 15.2 Å². The molecule has 2 amide bonds. The normalized spacial score (nSPS) is 17.1. The summed E-state index contributed by atoms with van der Waals surface area (Å²) in [6.45, 7) is 4.68. The number of aliphatic hydroxyl groups excluding tert-OH is 2. The highest BCUT2D eigenvalue weighted by molar-refractivity contribution is 7.09. The zero-order chi connectivity index (χ0) is 25.8. The van der Waals surface area contributed by atoms with E-state index in [9.17, 15) is 19.8 Å². The Morgan fingerprint density at radius 2 is 1.89 bits per heavy atom. The number of hydrogen-bond donors (Lipinski definition) is 3. The topological polar surface area (TPSA) is 103 Å². The Bertz CT molecular complexity index is 1230.